The van der Waals surface area contributed by atoms with Crippen LogP contribution >= 0.6 is 24.8 Å². The van der Waals surface area contributed by atoms with E-state index < -0.39 is 0 Å². The number of rotatable bonds is 1. The minimum absolute atomic E-state index is 0. The molecule has 0 spiro atoms. The van der Waals surface area contributed by atoms with Crippen LogP contribution in [-0.2, 0) is 0 Å². The molecule has 1 atom stereocenters. The summed E-state index contributed by atoms with van der Waals surface area (Å²) < 4.78 is 0. The van der Waals surface area contributed by atoms with E-state index in [0.717, 1.165) is 6.04 Å². The lowest BCUT2D eigenvalue weighted by Gasteiger charge is -2.31. The summed E-state index contributed by atoms with van der Waals surface area (Å²) in [5.41, 5.74) is 0. The molecular weight excluding hydrogens is 207 g/mol. The van der Waals surface area contributed by atoms with Crippen LogP contribution in [0.5, 0.6) is 0 Å². The van der Waals surface area contributed by atoms with Gasteiger partial charge in [-0.05, 0) is 38.9 Å². The van der Waals surface area contributed by atoms with Gasteiger partial charge < -0.3 is 5.32 Å². The molecule has 80 valence electrons. The Morgan fingerprint density at radius 2 is 1.69 bits per heavy atom. The van der Waals surface area contributed by atoms with Crippen LogP contribution in [0.4, 0.5) is 0 Å². The first-order valence-electron chi connectivity index (χ1n) is 4.91. The average Bonchev–Trinajstić information content (AvgIpc) is 2.58. The summed E-state index contributed by atoms with van der Waals surface area (Å²) >= 11 is 0. The topological polar surface area (TPSA) is 15.3 Å². The molecule has 13 heavy (non-hydrogen) atoms. The summed E-state index contributed by atoms with van der Waals surface area (Å²) in [6, 6.07) is 0.871. The van der Waals surface area contributed by atoms with Gasteiger partial charge in [0.25, 0.3) is 0 Å². The van der Waals surface area contributed by atoms with Gasteiger partial charge in [-0.15, -0.1) is 24.8 Å². The lowest BCUT2D eigenvalue weighted by Crippen LogP contribution is -2.40. The molecule has 4 heteroatoms. The van der Waals surface area contributed by atoms with Crippen LogP contribution in [0, 0.1) is 0 Å². The molecule has 0 bridgehead atoms. The van der Waals surface area contributed by atoms with E-state index in [2.05, 4.69) is 10.2 Å². The van der Waals surface area contributed by atoms with Gasteiger partial charge in [0.15, 0.2) is 0 Å². The van der Waals surface area contributed by atoms with Crippen molar-refractivity contribution in [3.8, 4) is 0 Å². The Kier molecular flexibility index (Phi) is 7.15. The van der Waals surface area contributed by atoms with Crippen molar-refractivity contribution in [2.45, 2.75) is 31.7 Å². The van der Waals surface area contributed by atoms with E-state index in [4.69, 9.17) is 0 Å². The molecule has 0 amide bonds. The quantitative estimate of drug-likeness (QED) is 0.733. The Bertz CT molecular complexity index is 121. The number of nitrogens with zero attached hydrogens (tertiary/aromatic N) is 1. The summed E-state index contributed by atoms with van der Waals surface area (Å²) in [6.07, 6.45) is 5.68. The maximum Gasteiger partial charge on any atom is 0.0232 e. The van der Waals surface area contributed by atoms with Crippen LogP contribution < -0.4 is 5.32 Å². The van der Waals surface area contributed by atoms with Crippen LogP contribution in [0.3, 0.4) is 0 Å². The number of nitrogens with one attached hydrogen (secondary N) is 1. The number of likely N-dealkylation sites (tertiary alicyclic amines) is 1. The zero-order chi connectivity index (χ0) is 7.52. The number of piperidine rings is 1. The Labute approximate surface area is 93.3 Å². The second kappa shape index (κ2) is 6.88. The number of hydrogen-bond acceptors (Lipinski definition) is 2. The Morgan fingerprint density at radius 3 is 2.23 bits per heavy atom. The van der Waals surface area contributed by atoms with Gasteiger partial charge in [0.1, 0.15) is 0 Å². The third kappa shape index (κ3) is 3.62. The molecule has 2 aliphatic heterocycles. The maximum absolute atomic E-state index is 3.43. The van der Waals surface area contributed by atoms with E-state index in [0.29, 0.717) is 0 Å². The maximum atomic E-state index is 3.43. The zero-order valence-electron chi connectivity index (χ0n) is 8.00. The second-order valence-electron chi connectivity index (χ2n) is 3.74. The molecule has 2 rings (SSSR count). The van der Waals surface area contributed by atoms with E-state index in [9.17, 15) is 0 Å². The molecule has 2 saturated heterocycles. The average molecular weight is 227 g/mol. The molecule has 0 aromatic rings. The third-order valence-corrected chi connectivity index (χ3v) is 2.94. The number of halogens is 2. The summed E-state index contributed by atoms with van der Waals surface area (Å²) in [6.45, 7) is 5.18. The third-order valence-electron chi connectivity index (χ3n) is 2.94. The van der Waals surface area contributed by atoms with Crippen molar-refractivity contribution >= 4 is 24.8 Å². The highest BCUT2D eigenvalue weighted by atomic mass is 35.5. The first-order chi connectivity index (χ1) is 5.47. The van der Waals surface area contributed by atoms with Gasteiger partial charge in [-0.1, -0.05) is 6.42 Å². The highest BCUT2D eigenvalue weighted by molar-refractivity contribution is 5.85. The lowest BCUT2D eigenvalue weighted by molar-refractivity contribution is 0.173. The molecule has 0 unspecified atom stereocenters. The monoisotopic (exact) mass is 226 g/mol. The molecule has 0 radical (unpaired) electrons. The molecule has 2 aliphatic rings. The van der Waals surface area contributed by atoms with Crippen LogP contribution in [-0.4, -0.2) is 37.1 Å². The van der Waals surface area contributed by atoms with E-state index in [-0.39, 0.29) is 24.8 Å². The normalized spacial score (nSPS) is 29.1. The SMILES string of the molecule is C1CCN([C@@H]2CCNC2)CC1.Cl.Cl. The van der Waals surface area contributed by atoms with Gasteiger partial charge in [0.2, 0.25) is 0 Å². The highest BCUT2D eigenvalue weighted by Gasteiger charge is 2.22. The molecule has 2 heterocycles. The van der Waals surface area contributed by atoms with Gasteiger partial charge in [0, 0.05) is 12.6 Å². The van der Waals surface area contributed by atoms with E-state index >= 15 is 0 Å². The van der Waals surface area contributed by atoms with Gasteiger partial charge in [-0.25, -0.2) is 0 Å². The van der Waals surface area contributed by atoms with Crippen LogP contribution in [0.25, 0.3) is 0 Å². The minimum Gasteiger partial charge on any atom is -0.315 e. The van der Waals surface area contributed by atoms with Crippen molar-refractivity contribution < 1.29 is 0 Å². The van der Waals surface area contributed by atoms with Gasteiger partial charge in [-0.2, -0.15) is 0 Å². The molecule has 2 fully saturated rings. The fraction of sp³-hybridized carbons (Fsp3) is 1.00. The Balaban J connectivity index is 0.000000720. The van der Waals surface area contributed by atoms with E-state index in [1.807, 2.05) is 0 Å². The zero-order valence-corrected chi connectivity index (χ0v) is 9.63. The van der Waals surface area contributed by atoms with Gasteiger partial charge >= 0.3 is 0 Å². The lowest BCUT2D eigenvalue weighted by atomic mass is 10.1. The molecule has 1 N–H and O–H groups in total. The molecule has 2 nitrogen and oxygen atoms in total. The summed E-state index contributed by atoms with van der Waals surface area (Å²) in [7, 11) is 0. The van der Waals surface area contributed by atoms with Crippen LogP contribution in [0.2, 0.25) is 0 Å². The Morgan fingerprint density at radius 1 is 1.00 bits per heavy atom. The molecular formula is C9H20Cl2N2. The predicted molar refractivity (Wildman–Crippen MR) is 61.2 cm³/mol. The summed E-state index contributed by atoms with van der Waals surface area (Å²) in [5.74, 6) is 0. The first kappa shape index (κ1) is 13.5. The minimum atomic E-state index is 0. The summed E-state index contributed by atoms with van der Waals surface area (Å²) in [5, 5.41) is 3.43. The fourth-order valence-electron chi connectivity index (χ4n) is 2.23. The van der Waals surface area contributed by atoms with Crippen molar-refractivity contribution in [3.05, 3.63) is 0 Å². The smallest absolute Gasteiger partial charge is 0.0232 e. The van der Waals surface area contributed by atoms with Crippen molar-refractivity contribution in [3.63, 3.8) is 0 Å². The molecule has 0 aromatic heterocycles. The van der Waals surface area contributed by atoms with Crippen molar-refractivity contribution in [1.82, 2.24) is 10.2 Å². The van der Waals surface area contributed by atoms with E-state index in [1.54, 1.807) is 0 Å². The standard InChI is InChI=1S/C9H18N2.2ClH/c1-2-6-11(7-3-1)9-4-5-10-8-9;;/h9-10H,1-8H2;2*1H/t9-;;/m1../s1. The number of hydrogen-bond donors (Lipinski definition) is 1. The molecule has 0 aliphatic carbocycles. The molecule has 0 aromatic carbocycles. The highest BCUT2D eigenvalue weighted by Crippen LogP contribution is 2.15. The van der Waals surface area contributed by atoms with E-state index in [1.165, 1.54) is 51.9 Å². The second-order valence-corrected chi connectivity index (χ2v) is 3.74. The molecule has 0 saturated carbocycles. The predicted octanol–water partition coefficient (Wildman–Crippen LogP) is 1.68. The first-order valence-corrected chi connectivity index (χ1v) is 4.91. The largest absolute Gasteiger partial charge is 0.315 e. The van der Waals surface area contributed by atoms with Gasteiger partial charge in [-0.3, -0.25) is 4.90 Å². The Hall–Kier alpha value is 0.500. The van der Waals surface area contributed by atoms with Crippen molar-refractivity contribution in [2.24, 2.45) is 0 Å². The fourth-order valence-corrected chi connectivity index (χ4v) is 2.23. The van der Waals surface area contributed by atoms with Crippen molar-refractivity contribution in [2.75, 3.05) is 26.2 Å². The van der Waals surface area contributed by atoms with Crippen molar-refractivity contribution in [1.29, 1.82) is 0 Å². The van der Waals surface area contributed by atoms with Crippen LogP contribution in [0.1, 0.15) is 25.7 Å². The van der Waals surface area contributed by atoms with Gasteiger partial charge in [0.05, 0.1) is 0 Å². The summed E-state index contributed by atoms with van der Waals surface area (Å²) in [4.78, 5) is 2.67. The van der Waals surface area contributed by atoms with Crippen LogP contribution in [0.15, 0.2) is 0 Å².